The lowest BCUT2D eigenvalue weighted by molar-refractivity contribution is 0.597. The highest BCUT2D eigenvalue weighted by molar-refractivity contribution is 7.92. The number of nitrogen functional groups attached to an aromatic ring is 1. The Labute approximate surface area is 184 Å². The van der Waals surface area contributed by atoms with Crippen LogP contribution in [-0.4, -0.2) is 34.3 Å². The van der Waals surface area contributed by atoms with Crippen molar-refractivity contribution in [2.24, 2.45) is 5.10 Å². The van der Waals surface area contributed by atoms with Crippen LogP contribution in [0.3, 0.4) is 0 Å². The van der Waals surface area contributed by atoms with Crippen molar-refractivity contribution < 1.29 is 8.42 Å². The Morgan fingerprint density at radius 3 is 2.41 bits per heavy atom. The van der Waals surface area contributed by atoms with E-state index in [0.29, 0.717) is 11.0 Å². The highest BCUT2D eigenvalue weighted by atomic mass is 32.2. The molecule has 158 valence electrons. The van der Waals surface area contributed by atoms with Crippen molar-refractivity contribution in [2.45, 2.75) is 16.7 Å². The van der Waals surface area contributed by atoms with Crippen LogP contribution in [0.15, 0.2) is 87.9 Å². The zero-order valence-electron chi connectivity index (χ0n) is 17.0. The number of rotatable bonds is 4. The normalized spacial score (nSPS) is 12.2. The van der Waals surface area contributed by atoms with Gasteiger partial charge in [-0.1, -0.05) is 24.3 Å². The van der Waals surface area contributed by atoms with Gasteiger partial charge in [0.2, 0.25) is 9.84 Å². The van der Waals surface area contributed by atoms with Gasteiger partial charge in [0.15, 0.2) is 5.65 Å². The van der Waals surface area contributed by atoms with E-state index >= 15 is 0 Å². The second-order valence-electron chi connectivity index (χ2n) is 7.26. The Balaban J connectivity index is 1.82. The van der Waals surface area contributed by atoms with Crippen LogP contribution in [0, 0.1) is 6.92 Å². The molecule has 0 radical (unpaired) electrons. The van der Waals surface area contributed by atoms with Crippen molar-refractivity contribution in [3.05, 3.63) is 84.2 Å². The number of benzene rings is 2. The van der Waals surface area contributed by atoms with E-state index < -0.39 is 9.84 Å². The summed E-state index contributed by atoms with van der Waals surface area (Å²) in [7, 11) is -3.98. The summed E-state index contributed by atoms with van der Waals surface area (Å²) in [4.78, 5) is 13.2. The first-order valence-corrected chi connectivity index (χ1v) is 11.3. The first-order chi connectivity index (χ1) is 15.4. The molecule has 2 aromatic carbocycles. The number of aromatic nitrogens is 4. The maximum Gasteiger partial charge on any atom is 0.212 e. The van der Waals surface area contributed by atoms with Gasteiger partial charge in [0, 0.05) is 12.4 Å². The number of sulfone groups is 1. The largest absolute Gasteiger partial charge is 0.382 e. The Kier molecular flexibility index (Phi) is 4.67. The fraction of sp³-hybridized carbons (Fsp3) is 0.0435. The molecule has 9 heteroatoms. The summed E-state index contributed by atoms with van der Waals surface area (Å²) in [5.74, 6) is -0.0536. The molecule has 0 bridgehead atoms. The van der Waals surface area contributed by atoms with Crippen LogP contribution in [0.2, 0.25) is 0 Å². The third kappa shape index (κ3) is 3.28. The predicted octanol–water partition coefficient (Wildman–Crippen LogP) is 3.59. The second-order valence-corrected chi connectivity index (χ2v) is 9.14. The van der Waals surface area contributed by atoms with E-state index in [1.54, 1.807) is 61.1 Å². The maximum atomic E-state index is 13.6. The highest BCUT2D eigenvalue weighted by Crippen LogP contribution is 2.35. The van der Waals surface area contributed by atoms with E-state index in [4.69, 9.17) is 5.73 Å². The third-order valence-corrected chi connectivity index (χ3v) is 6.84. The van der Waals surface area contributed by atoms with Crippen molar-refractivity contribution in [3.63, 3.8) is 0 Å². The smallest absolute Gasteiger partial charge is 0.212 e. The average molecular weight is 443 g/mol. The summed E-state index contributed by atoms with van der Waals surface area (Å²) in [6.07, 6.45) is 4.84. The number of aryl methyl sites for hydroxylation is 1. The molecule has 0 aliphatic rings. The molecule has 0 spiro atoms. The van der Waals surface area contributed by atoms with Crippen molar-refractivity contribution in [1.29, 1.82) is 0 Å². The molecule has 0 fully saturated rings. The van der Waals surface area contributed by atoms with Crippen LogP contribution in [-0.2, 0) is 9.84 Å². The molecule has 0 atom stereocenters. The molecule has 0 unspecified atom stereocenters. The minimum absolute atomic E-state index is 0.0536. The molecule has 3 heterocycles. The summed E-state index contributed by atoms with van der Waals surface area (Å²) in [5, 5.41) is 4.43. The number of fused-ring (bicyclic) bond motifs is 2. The van der Waals surface area contributed by atoms with Crippen LogP contribution < -0.4 is 5.73 Å². The van der Waals surface area contributed by atoms with Gasteiger partial charge in [-0.05, 0) is 54.4 Å². The molecule has 2 N–H and O–H groups in total. The van der Waals surface area contributed by atoms with Gasteiger partial charge in [-0.2, -0.15) is 9.78 Å². The lowest BCUT2D eigenvalue weighted by Crippen LogP contribution is -2.07. The minimum Gasteiger partial charge on any atom is -0.382 e. The lowest BCUT2D eigenvalue weighted by Gasteiger charge is -2.05. The minimum atomic E-state index is -3.98. The average Bonchev–Trinajstić information content (AvgIpc) is 3.07. The Hall–Kier alpha value is -4.11. The van der Waals surface area contributed by atoms with E-state index in [0.717, 1.165) is 11.1 Å². The molecule has 5 rings (SSSR count). The van der Waals surface area contributed by atoms with Crippen molar-refractivity contribution in [2.75, 3.05) is 5.73 Å². The van der Waals surface area contributed by atoms with Crippen LogP contribution >= 0.6 is 0 Å². The number of para-hydroxylation sites is 2. The maximum absolute atomic E-state index is 13.6. The van der Waals surface area contributed by atoms with Crippen molar-refractivity contribution >= 4 is 44.1 Å². The Morgan fingerprint density at radius 1 is 0.969 bits per heavy atom. The number of hydrogen-bond donors (Lipinski definition) is 1. The quantitative estimate of drug-likeness (QED) is 0.425. The highest BCUT2D eigenvalue weighted by Gasteiger charge is 2.30. The van der Waals surface area contributed by atoms with Crippen LogP contribution in [0.25, 0.3) is 22.2 Å². The molecular formula is C23H18N6O2S. The van der Waals surface area contributed by atoms with E-state index in [9.17, 15) is 8.42 Å². The zero-order chi connectivity index (χ0) is 22.3. The monoisotopic (exact) mass is 442 g/mol. The fourth-order valence-corrected chi connectivity index (χ4v) is 5.07. The fourth-order valence-electron chi connectivity index (χ4n) is 3.48. The first-order valence-electron chi connectivity index (χ1n) is 9.78. The summed E-state index contributed by atoms with van der Waals surface area (Å²) >= 11 is 0. The summed E-state index contributed by atoms with van der Waals surface area (Å²) < 4.78 is 28.6. The van der Waals surface area contributed by atoms with Gasteiger partial charge < -0.3 is 5.73 Å². The van der Waals surface area contributed by atoms with Crippen LogP contribution in [0.5, 0.6) is 0 Å². The van der Waals surface area contributed by atoms with Gasteiger partial charge >= 0.3 is 0 Å². The van der Waals surface area contributed by atoms with Crippen molar-refractivity contribution in [3.8, 4) is 0 Å². The van der Waals surface area contributed by atoms with Crippen LogP contribution in [0.4, 0.5) is 5.82 Å². The second kappa shape index (κ2) is 7.54. The summed E-state index contributed by atoms with van der Waals surface area (Å²) in [6.45, 7) is 1.83. The van der Waals surface area contributed by atoms with E-state index in [1.165, 1.54) is 4.68 Å². The molecule has 8 nitrogen and oxygen atoms in total. The van der Waals surface area contributed by atoms with Gasteiger partial charge in [0.25, 0.3) is 0 Å². The lowest BCUT2D eigenvalue weighted by atomic mass is 10.2. The first kappa shape index (κ1) is 19.8. The molecule has 5 aromatic rings. The standard InChI is InChI=1S/C23H18N6O2S/c1-15-5-4-6-17(13-15)32(30,31)21-20-23(28-19-8-3-2-7-18(19)27-20)29(22(21)24)26-14-16-9-11-25-12-10-16/h2-14H,24H2,1H3. The van der Waals surface area contributed by atoms with Gasteiger partial charge in [-0.3, -0.25) is 4.98 Å². The molecule has 0 saturated carbocycles. The Bertz CT molecular complexity index is 1610. The molecule has 3 aromatic heterocycles. The molecule has 0 amide bonds. The van der Waals surface area contributed by atoms with Gasteiger partial charge in [0.05, 0.1) is 22.1 Å². The van der Waals surface area contributed by atoms with Gasteiger partial charge in [-0.25, -0.2) is 18.4 Å². The van der Waals surface area contributed by atoms with Crippen LogP contribution in [0.1, 0.15) is 11.1 Å². The topological polar surface area (TPSA) is 116 Å². The van der Waals surface area contributed by atoms with E-state index in [-0.39, 0.29) is 26.8 Å². The summed E-state index contributed by atoms with van der Waals surface area (Å²) in [5.41, 5.74) is 9.59. The number of nitrogens with two attached hydrogens (primary N) is 1. The number of nitrogens with zero attached hydrogens (tertiary/aromatic N) is 5. The summed E-state index contributed by atoms with van der Waals surface area (Å²) in [6, 6.07) is 17.5. The molecule has 0 aliphatic carbocycles. The Morgan fingerprint density at radius 2 is 1.69 bits per heavy atom. The third-order valence-electron chi connectivity index (χ3n) is 5.03. The SMILES string of the molecule is Cc1cccc(S(=O)(=O)c2c(N)n(N=Cc3ccncc3)c3nc4ccccc4nc23)c1. The van der Waals surface area contributed by atoms with Crippen molar-refractivity contribution in [1.82, 2.24) is 19.6 Å². The molecule has 0 saturated heterocycles. The molecule has 0 aliphatic heterocycles. The number of pyridine rings is 1. The number of hydrogen-bond acceptors (Lipinski definition) is 7. The number of anilines is 1. The van der Waals surface area contributed by atoms with Gasteiger partial charge in [0.1, 0.15) is 16.2 Å². The molecular weight excluding hydrogens is 424 g/mol. The zero-order valence-corrected chi connectivity index (χ0v) is 17.9. The molecule has 32 heavy (non-hydrogen) atoms. The van der Waals surface area contributed by atoms with E-state index in [2.05, 4.69) is 20.1 Å². The predicted molar refractivity (Wildman–Crippen MR) is 123 cm³/mol. The van der Waals surface area contributed by atoms with Gasteiger partial charge in [-0.15, -0.1) is 0 Å². The van der Waals surface area contributed by atoms with E-state index in [1.807, 2.05) is 25.1 Å².